The van der Waals surface area contributed by atoms with E-state index in [1.165, 1.54) is 5.56 Å². The Morgan fingerprint density at radius 2 is 2.14 bits per heavy atom. The van der Waals surface area contributed by atoms with Gasteiger partial charge in [0.1, 0.15) is 0 Å². The van der Waals surface area contributed by atoms with Gasteiger partial charge in [-0.3, -0.25) is 0 Å². The number of benzene rings is 1. The van der Waals surface area contributed by atoms with E-state index in [2.05, 4.69) is 36.5 Å². The van der Waals surface area contributed by atoms with Crippen molar-refractivity contribution in [3.63, 3.8) is 0 Å². The van der Waals surface area contributed by atoms with E-state index in [1.807, 2.05) is 6.07 Å². The highest BCUT2D eigenvalue weighted by Gasteiger charge is 2.28. The Kier molecular flexibility index (Phi) is 3.17. The van der Waals surface area contributed by atoms with Gasteiger partial charge in [0, 0.05) is 12.6 Å². The summed E-state index contributed by atoms with van der Waals surface area (Å²) in [5.41, 5.74) is 1.29. The van der Waals surface area contributed by atoms with Gasteiger partial charge < -0.3 is 10.1 Å². The van der Waals surface area contributed by atoms with Gasteiger partial charge in [0.25, 0.3) is 0 Å². The number of rotatable bonds is 3. The quantitative estimate of drug-likeness (QED) is 0.790. The maximum absolute atomic E-state index is 5.74. The average molecular weight is 191 g/mol. The molecule has 1 fully saturated rings. The number of likely N-dealkylation sites (N-methyl/N-ethyl adjacent to an activating group) is 1. The molecular weight excluding hydrogens is 174 g/mol. The Morgan fingerprint density at radius 3 is 2.86 bits per heavy atom. The first-order valence-corrected chi connectivity index (χ1v) is 5.31. The zero-order chi connectivity index (χ0) is 9.80. The zero-order valence-corrected chi connectivity index (χ0v) is 8.57. The van der Waals surface area contributed by atoms with Crippen molar-refractivity contribution in [2.24, 2.45) is 0 Å². The average Bonchev–Trinajstić information content (AvgIpc) is 2.68. The van der Waals surface area contributed by atoms with E-state index in [-0.39, 0.29) is 6.10 Å². The minimum absolute atomic E-state index is 0.246. The van der Waals surface area contributed by atoms with Crippen molar-refractivity contribution in [2.75, 3.05) is 13.2 Å². The van der Waals surface area contributed by atoms with Crippen molar-refractivity contribution in [3.8, 4) is 0 Å². The van der Waals surface area contributed by atoms with Gasteiger partial charge in [0.15, 0.2) is 0 Å². The van der Waals surface area contributed by atoms with Crippen LogP contribution in [-0.2, 0) is 4.74 Å². The van der Waals surface area contributed by atoms with E-state index in [0.717, 1.165) is 19.6 Å². The van der Waals surface area contributed by atoms with Crippen LogP contribution >= 0.6 is 0 Å². The summed E-state index contributed by atoms with van der Waals surface area (Å²) in [6.07, 6.45) is 1.36. The lowest BCUT2D eigenvalue weighted by Crippen LogP contribution is -2.31. The van der Waals surface area contributed by atoms with Gasteiger partial charge in [-0.15, -0.1) is 0 Å². The molecule has 2 nitrogen and oxygen atoms in total. The third-order valence-corrected chi connectivity index (χ3v) is 2.69. The number of ether oxygens (including phenoxy) is 1. The predicted octanol–water partition coefficient (Wildman–Crippen LogP) is 2.13. The molecule has 2 rings (SSSR count). The van der Waals surface area contributed by atoms with Crippen LogP contribution in [0.15, 0.2) is 30.3 Å². The molecule has 2 unspecified atom stereocenters. The Bertz CT molecular complexity index is 273. The van der Waals surface area contributed by atoms with Crippen LogP contribution in [0.25, 0.3) is 0 Å². The molecule has 1 saturated heterocycles. The van der Waals surface area contributed by atoms with Crippen molar-refractivity contribution in [3.05, 3.63) is 35.9 Å². The minimum atomic E-state index is 0.246. The van der Waals surface area contributed by atoms with Crippen LogP contribution in [-0.4, -0.2) is 19.2 Å². The van der Waals surface area contributed by atoms with Crippen molar-refractivity contribution in [1.29, 1.82) is 0 Å². The fourth-order valence-electron chi connectivity index (χ4n) is 2.03. The van der Waals surface area contributed by atoms with Crippen LogP contribution in [0.2, 0.25) is 0 Å². The number of hydrogen-bond donors (Lipinski definition) is 1. The summed E-state index contributed by atoms with van der Waals surface area (Å²) >= 11 is 0. The molecule has 1 aliphatic rings. The summed E-state index contributed by atoms with van der Waals surface area (Å²) in [6.45, 7) is 4.02. The van der Waals surface area contributed by atoms with E-state index in [1.54, 1.807) is 0 Å². The summed E-state index contributed by atoms with van der Waals surface area (Å²) in [5, 5.41) is 3.47. The second-order valence-electron chi connectivity index (χ2n) is 3.65. The highest BCUT2D eigenvalue weighted by atomic mass is 16.5. The number of hydrogen-bond acceptors (Lipinski definition) is 2. The third kappa shape index (κ3) is 1.97. The second-order valence-corrected chi connectivity index (χ2v) is 3.65. The molecule has 1 aromatic rings. The van der Waals surface area contributed by atoms with Crippen molar-refractivity contribution < 1.29 is 4.74 Å². The van der Waals surface area contributed by atoms with Crippen LogP contribution < -0.4 is 5.32 Å². The lowest BCUT2D eigenvalue weighted by Gasteiger charge is -2.19. The van der Waals surface area contributed by atoms with E-state index < -0.39 is 0 Å². The van der Waals surface area contributed by atoms with Crippen molar-refractivity contribution in [2.45, 2.75) is 25.5 Å². The van der Waals surface area contributed by atoms with Gasteiger partial charge in [-0.25, -0.2) is 0 Å². The fourth-order valence-corrected chi connectivity index (χ4v) is 2.03. The first kappa shape index (κ1) is 9.69. The largest absolute Gasteiger partial charge is 0.372 e. The molecule has 0 radical (unpaired) electrons. The van der Waals surface area contributed by atoms with Crippen LogP contribution in [0.4, 0.5) is 0 Å². The molecule has 1 aromatic carbocycles. The topological polar surface area (TPSA) is 21.3 Å². The van der Waals surface area contributed by atoms with Gasteiger partial charge in [-0.05, 0) is 18.5 Å². The molecule has 0 spiro atoms. The molecule has 1 N–H and O–H groups in total. The fraction of sp³-hybridized carbons (Fsp3) is 0.500. The van der Waals surface area contributed by atoms with Gasteiger partial charge in [0.05, 0.1) is 6.10 Å². The lowest BCUT2D eigenvalue weighted by molar-refractivity contribution is 0.0991. The van der Waals surface area contributed by atoms with Gasteiger partial charge in [0.2, 0.25) is 0 Å². The SMILES string of the molecule is CCNC1CCOC1c1ccccc1. The normalized spacial score (nSPS) is 26.6. The van der Waals surface area contributed by atoms with E-state index in [4.69, 9.17) is 4.74 Å². The van der Waals surface area contributed by atoms with E-state index in [9.17, 15) is 0 Å². The lowest BCUT2D eigenvalue weighted by atomic mass is 10.0. The Morgan fingerprint density at radius 1 is 1.36 bits per heavy atom. The van der Waals surface area contributed by atoms with Gasteiger partial charge >= 0.3 is 0 Å². The first-order valence-electron chi connectivity index (χ1n) is 5.31. The van der Waals surface area contributed by atoms with E-state index >= 15 is 0 Å². The monoisotopic (exact) mass is 191 g/mol. The maximum atomic E-state index is 5.74. The summed E-state index contributed by atoms with van der Waals surface area (Å²) in [6, 6.07) is 10.9. The van der Waals surface area contributed by atoms with Crippen molar-refractivity contribution >= 4 is 0 Å². The summed E-state index contributed by atoms with van der Waals surface area (Å²) < 4.78 is 5.74. The molecule has 0 saturated carbocycles. The Balaban J connectivity index is 2.10. The molecule has 2 heteroatoms. The highest BCUT2D eigenvalue weighted by molar-refractivity contribution is 5.20. The summed E-state index contributed by atoms with van der Waals surface area (Å²) in [4.78, 5) is 0. The Labute approximate surface area is 85.3 Å². The van der Waals surface area contributed by atoms with Crippen LogP contribution in [0.3, 0.4) is 0 Å². The highest BCUT2D eigenvalue weighted by Crippen LogP contribution is 2.28. The maximum Gasteiger partial charge on any atom is 0.0978 e. The molecule has 0 aromatic heterocycles. The van der Waals surface area contributed by atoms with Gasteiger partial charge in [-0.1, -0.05) is 37.3 Å². The van der Waals surface area contributed by atoms with E-state index in [0.29, 0.717) is 6.04 Å². The smallest absolute Gasteiger partial charge is 0.0978 e. The van der Waals surface area contributed by atoms with Crippen LogP contribution in [0.1, 0.15) is 25.0 Å². The molecule has 1 heterocycles. The summed E-state index contributed by atoms with van der Waals surface area (Å²) in [7, 11) is 0. The molecule has 1 aliphatic heterocycles. The van der Waals surface area contributed by atoms with Crippen LogP contribution in [0.5, 0.6) is 0 Å². The zero-order valence-electron chi connectivity index (χ0n) is 8.57. The molecule has 0 amide bonds. The first-order chi connectivity index (χ1) is 6.92. The predicted molar refractivity (Wildman–Crippen MR) is 57.2 cm³/mol. The molecule has 0 bridgehead atoms. The minimum Gasteiger partial charge on any atom is -0.372 e. The second kappa shape index (κ2) is 4.58. The standard InChI is InChI=1S/C12H17NO/c1-2-13-11-8-9-14-12(11)10-6-4-3-5-7-10/h3-7,11-13H,2,8-9H2,1H3. The molecule has 14 heavy (non-hydrogen) atoms. The van der Waals surface area contributed by atoms with Gasteiger partial charge in [-0.2, -0.15) is 0 Å². The van der Waals surface area contributed by atoms with Crippen molar-refractivity contribution in [1.82, 2.24) is 5.32 Å². The summed E-state index contributed by atoms with van der Waals surface area (Å²) in [5.74, 6) is 0. The van der Waals surface area contributed by atoms with Crippen LogP contribution in [0, 0.1) is 0 Å². The molecule has 76 valence electrons. The molecule has 0 aliphatic carbocycles. The Hall–Kier alpha value is -0.860. The molecule has 2 atom stereocenters. The molecular formula is C12H17NO. The third-order valence-electron chi connectivity index (χ3n) is 2.69. The number of nitrogens with one attached hydrogen (secondary N) is 1.